The summed E-state index contributed by atoms with van der Waals surface area (Å²) in [6.45, 7) is 5.22. The fraction of sp³-hybridized carbons (Fsp3) is 0.360. The summed E-state index contributed by atoms with van der Waals surface area (Å²) in [7, 11) is 1.44. The maximum absolute atomic E-state index is 12.5. The molecule has 1 aliphatic rings. The van der Waals surface area contributed by atoms with Gasteiger partial charge in [0, 0.05) is 37.6 Å². The smallest absolute Gasteiger partial charge is 0.327 e. The number of methoxy groups -OCH3 is 1. The summed E-state index contributed by atoms with van der Waals surface area (Å²) in [6.07, 6.45) is 5.40. The van der Waals surface area contributed by atoms with Gasteiger partial charge in [-0.2, -0.15) is 0 Å². The van der Waals surface area contributed by atoms with E-state index in [4.69, 9.17) is 4.74 Å². The van der Waals surface area contributed by atoms with Crippen molar-refractivity contribution in [3.8, 4) is 0 Å². The summed E-state index contributed by atoms with van der Waals surface area (Å²) in [6, 6.07) is 17.3. The lowest BCUT2D eigenvalue weighted by Gasteiger charge is -2.39. The molecular weight excluding hydrogens is 390 g/mol. The van der Waals surface area contributed by atoms with Gasteiger partial charge in [0.1, 0.15) is 6.04 Å². The molecule has 0 spiro atoms. The average molecular weight is 422 g/mol. The van der Waals surface area contributed by atoms with Gasteiger partial charge in [0.15, 0.2) is 0 Å². The monoisotopic (exact) mass is 421 g/mol. The van der Waals surface area contributed by atoms with Gasteiger partial charge in [0.05, 0.1) is 7.11 Å². The van der Waals surface area contributed by atoms with Gasteiger partial charge >= 0.3 is 5.97 Å². The maximum Gasteiger partial charge on any atom is 0.327 e. The highest BCUT2D eigenvalue weighted by Gasteiger charge is 2.31. The molecule has 164 valence electrons. The third kappa shape index (κ3) is 6.18. The molecule has 6 heteroatoms. The zero-order chi connectivity index (χ0) is 22.1. The first-order chi connectivity index (χ1) is 15.1. The van der Waals surface area contributed by atoms with Crippen LogP contribution in [0.4, 0.5) is 11.4 Å². The lowest BCUT2D eigenvalue weighted by molar-refractivity contribution is -0.147. The Morgan fingerprint density at radius 3 is 2.32 bits per heavy atom. The molecule has 0 aromatic heterocycles. The van der Waals surface area contributed by atoms with Crippen molar-refractivity contribution >= 4 is 23.3 Å². The van der Waals surface area contributed by atoms with Crippen LogP contribution in [0, 0.1) is 0 Å². The lowest BCUT2D eigenvalue weighted by Crippen LogP contribution is -2.49. The van der Waals surface area contributed by atoms with E-state index in [2.05, 4.69) is 22.0 Å². The van der Waals surface area contributed by atoms with Gasteiger partial charge in [0.25, 0.3) is 0 Å². The van der Waals surface area contributed by atoms with Gasteiger partial charge < -0.3 is 15.0 Å². The number of carbonyl (C=O) groups excluding carboxylic acids is 2. The molecule has 1 aliphatic heterocycles. The minimum atomic E-state index is -0.383. The van der Waals surface area contributed by atoms with Crippen molar-refractivity contribution in [2.24, 2.45) is 0 Å². The molecule has 1 atom stereocenters. The van der Waals surface area contributed by atoms with Gasteiger partial charge in [-0.05, 0) is 42.3 Å². The number of amides is 1. The van der Waals surface area contributed by atoms with Crippen LogP contribution >= 0.6 is 0 Å². The first kappa shape index (κ1) is 22.6. The Morgan fingerprint density at radius 1 is 1.03 bits per heavy atom. The number of carbonyl (C=O) groups is 2. The van der Waals surface area contributed by atoms with Gasteiger partial charge in [-0.15, -0.1) is 0 Å². The standard InChI is InChI=1S/C25H31N3O3/c1-3-4-6-11-23(29)26-21-12-14-22(15-13-21)27-16-18-28(19-17-27)24(25(30)31-2)20-9-7-5-8-10-20/h5-15,24H,3-4,16-19H2,1-2H3,(H,26,29)/b11-6+. The molecule has 0 saturated carbocycles. The van der Waals surface area contributed by atoms with E-state index in [-0.39, 0.29) is 17.9 Å². The summed E-state index contributed by atoms with van der Waals surface area (Å²) in [4.78, 5) is 28.8. The molecule has 0 radical (unpaired) electrons. The second-order valence-electron chi connectivity index (χ2n) is 7.59. The molecule has 1 unspecified atom stereocenters. The number of allylic oxidation sites excluding steroid dienone is 1. The highest BCUT2D eigenvalue weighted by atomic mass is 16.5. The van der Waals surface area contributed by atoms with Crippen LogP contribution in [0.1, 0.15) is 31.4 Å². The molecule has 1 amide bonds. The van der Waals surface area contributed by atoms with Crippen LogP contribution in [0.15, 0.2) is 66.7 Å². The Kier molecular flexibility index (Phi) is 8.24. The van der Waals surface area contributed by atoms with Gasteiger partial charge in [0.2, 0.25) is 5.91 Å². The quantitative estimate of drug-likeness (QED) is 0.515. The molecule has 1 heterocycles. The zero-order valence-electron chi connectivity index (χ0n) is 18.3. The van der Waals surface area contributed by atoms with E-state index in [0.29, 0.717) is 0 Å². The molecule has 3 rings (SSSR count). The predicted octanol–water partition coefficient (Wildman–Crippen LogP) is 4.02. The van der Waals surface area contributed by atoms with E-state index in [9.17, 15) is 9.59 Å². The molecule has 6 nitrogen and oxygen atoms in total. The number of piperazine rings is 1. The lowest BCUT2D eigenvalue weighted by atomic mass is 10.0. The Labute approximate surface area is 184 Å². The van der Waals surface area contributed by atoms with Crippen LogP contribution in [0.5, 0.6) is 0 Å². The van der Waals surface area contributed by atoms with Crippen molar-refractivity contribution in [2.75, 3.05) is 43.5 Å². The molecule has 1 fully saturated rings. The van der Waals surface area contributed by atoms with Crippen LogP contribution in [0.2, 0.25) is 0 Å². The van der Waals surface area contributed by atoms with E-state index < -0.39 is 0 Å². The third-order valence-electron chi connectivity index (χ3n) is 5.44. The minimum absolute atomic E-state index is 0.107. The molecule has 2 aromatic carbocycles. The number of ether oxygens (including phenoxy) is 1. The average Bonchev–Trinajstić information content (AvgIpc) is 2.81. The number of benzene rings is 2. The second kappa shape index (κ2) is 11.3. The number of hydrogen-bond acceptors (Lipinski definition) is 5. The van der Waals surface area contributed by atoms with Crippen molar-refractivity contribution in [2.45, 2.75) is 25.8 Å². The highest BCUT2D eigenvalue weighted by Crippen LogP contribution is 2.26. The Hall–Kier alpha value is -3.12. The Morgan fingerprint density at radius 2 is 1.71 bits per heavy atom. The number of anilines is 2. The SMILES string of the molecule is CCC/C=C/C(=O)Nc1ccc(N2CCN(C(C(=O)OC)c3ccccc3)CC2)cc1. The van der Waals surface area contributed by atoms with Crippen LogP contribution < -0.4 is 10.2 Å². The van der Waals surface area contributed by atoms with Crippen LogP contribution in [0.3, 0.4) is 0 Å². The first-order valence-corrected chi connectivity index (χ1v) is 10.8. The summed E-state index contributed by atoms with van der Waals surface area (Å²) in [5.74, 6) is -0.336. The van der Waals surface area contributed by atoms with Crippen molar-refractivity contribution in [3.63, 3.8) is 0 Å². The number of rotatable bonds is 8. The normalized spacial score (nSPS) is 15.6. The summed E-state index contributed by atoms with van der Waals surface area (Å²) in [5, 5.41) is 2.89. The van der Waals surface area contributed by atoms with Gasteiger partial charge in [-0.3, -0.25) is 9.69 Å². The first-order valence-electron chi connectivity index (χ1n) is 10.8. The van der Waals surface area contributed by atoms with Crippen molar-refractivity contribution < 1.29 is 14.3 Å². The molecule has 0 bridgehead atoms. The summed E-state index contributed by atoms with van der Waals surface area (Å²) < 4.78 is 5.07. The van der Waals surface area contributed by atoms with Crippen molar-refractivity contribution in [1.29, 1.82) is 0 Å². The van der Waals surface area contributed by atoms with Gasteiger partial charge in [-0.25, -0.2) is 4.79 Å². The van der Waals surface area contributed by atoms with Crippen LogP contribution in [0.25, 0.3) is 0 Å². The molecule has 0 aliphatic carbocycles. The van der Waals surface area contributed by atoms with E-state index in [1.165, 1.54) is 7.11 Å². The number of hydrogen-bond donors (Lipinski definition) is 1. The number of unbranched alkanes of at least 4 members (excludes halogenated alkanes) is 1. The van der Waals surface area contributed by atoms with E-state index in [1.54, 1.807) is 6.08 Å². The fourth-order valence-electron chi connectivity index (χ4n) is 3.78. The number of nitrogens with zero attached hydrogens (tertiary/aromatic N) is 2. The Balaban J connectivity index is 1.58. The van der Waals surface area contributed by atoms with Crippen molar-refractivity contribution in [1.82, 2.24) is 4.90 Å². The molecule has 1 saturated heterocycles. The van der Waals surface area contributed by atoms with Crippen LogP contribution in [-0.4, -0.2) is 50.1 Å². The number of nitrogens with one attached hydrogen (secondary N) is 1. The summed E-state index contributed by atoms with van der Waals surface area (Å²) >= 11 is 0. The van der Waals surface area contributed by atoms with E-state index >= 15 is 0 Å². The topological polar surface area (TPSA) is 61.9 Å². The highest BCUT2D eigenvalue weighted by molar-refractivity contribution is 5.99. The second-order valence-corrected chi connectivity index (χ2v) is 7.59. The molecule has 2 aromatic rings. The van der Waals surface area contributed by atoms with E-state index in [1.807, 2.05) is 60.7 Å². The summed E-state index contributed by atoms with van der Waals surface area (Å²) in [5.41, 5.74) is 2.84. The third-order valence-corrected chi connectivity index (χ3v) is 5.44. The van der Waals surface area contributed by atoms with Gasteiger partial charge in [-0.1, -0.05) is 49.8 Å². The van der Waals surface area contributed by atoms with Crippen molar-refractivity contribution in [3.05, 3.63) is 72.3 Å². The fourth-order valence-corrected chi connectivity index (χ4v) is 3.78. The zero-order valence-corrected chi connectivity index (χ0v) is 18.3. The molecular formula is C25H31N3O3. The van der Waals surface area contributed by atoms with E-state index in [0.717, 1.165) is 56.0 Å². The van der Waals surface area contributed by atoms with Crippen LogP contribution in [-0.2, 0) is 14.3 Å². The maximum atomic E-state index is 12.5. The molecule has 1 N–H and O–H groups in total. The minimum Gasteiger partial charge on any atom is -0.468 e. The largest absolute Gasteiger partial charge is 0.468 e. The Bertz CT molecular complexity index is 873. The molecule has 31 heavy (non-hydrogen) atoms. The number of esters is 1. The predicted molar refractivity (Wildman–Crippen MR) is 124 cm³/mol.